The molecule has 0 saturated carbocycles. The van der Waals surface area contributed by atoms with Gasteiger partial charge in [-0.05, 0) is 38.3 Å². The first-order chi connectivity index (χ1) is 9.13. The average Bonchev–Trinajstić information content (AvgIpc) is 2.46. The predicted molar refractivity (Wildman–Crippen MR) is 73.3 cm³/mol. The van der Waals surface area contributed by atoms with Gasteiger partial charge < -0.3 is 15.8 Å². The van der Waals surface area contributed by atoms with Crippen LogP contribution in [0.15, 0.2) is 29.4 Å². The Labute approximate surface area is 112 Å². The van der Waals surface area contributed by atoms with Crippen LogP contribution >= 0.6 is 0 Å². The van der Waals surface area contributed by atoms with Gasteiger partial charge in [-0.15, -0.1) is 0 Å². The number of nitrogens with zero attached hydrogens (tertiary/aromatic N) is 2. The molecular weight excluding hydrogens is 242 g/mol. The number of carbonyl (C=O) groups excluding carboxylic acids is 1. The first-order valence-corrected chi connectivity index (χ1v) is 6.48. The van der Waals surface area contributed by atoms with Crippen LogP contribution in [0, 0.1) is 6.92 Å². The maximum absolute atomic E-state index is 12.5. The number of amides is 1. The third-order valence-electron chi connectivity index (χ3n) is 3.52. The summed E-state index contributed by atoms with van der Waals surface area (Å²) in [5, 5.41) is 11.9. The maximum atomic E-state index is 12.5. The average molecular weight is 261 g/mol. The molecule has 1 aromatic rings. The lowest BCUT2D eigenvalue weighted by atomic mass is 9.99. The van der Waals surface area contributed by atoms with Gasteiger partial charge in [0.2, 0.25) is 0 Å². The molecule has 1 aliphatic rings. The number of hydrogen-bond acceptors (Lipinski definition) is 3. The lowest BCUT2D eigenvalue weighted by Gasteiger charge is -2.34. The zero-order valence-electron chi connectivity index (χ0n) is 11.0. The Hall–Kier alpha value is -2.04. The van der Waals surface area contributed by atoms with E-state index in [0.29, 0.717) is 12.1 Å². The van der Waals surface area contributed by atoms with Crippen molar-refractivity contribution in [2.45, 2.75) is 32.2 Å². The quantitative estimate of drug-likeness (QED) is 0.368. The van der Waals surface area contributed by atoms with Gasteiger partial charge >= 0.3 is 0 Å². The van der Waals surface area contributed by atoms with Crippen LogP contribution in [0.25, 0.3) is 0 Å². The summed E-state index contributed by atoms with van der Waals surface area (Å²) in [6.45, 7) is 2.63. The standard InChI is InChI=1S/C14H19N3O2/c1-10-5-7-11(8-6-10)14(18)17-9-3-2-4-12(17)13(15)16-19/h5-8,12,19H,2-4,9H2,1H3,(H2,15,16). The Morgan fingerprint density at radius 2 is 2.05 bits per heavy atom. The van der Waals surface area contributed by atoms with Crippen LogP contribution in [0.3, 0.4) is 0 Å². The minimum absolute atomic E-state index is 0.0590. The normalized spacial score (nSPS) is 20.4. The van der Waals surface area contributed by atoms with E-state index in [9.17, 15) is 4.79 Å². The van der Waals surface area contributed by atoms with Crippen molar-refractivity contribution in [3.8, 4) is 0 Å². The molecule has 1 aromatic carbocycles. The molecule has 1 unspecified atom stereocenters. The second kappa shape index (κ2) is 5.73. The first-order valence-electron chi connectivity index (χ1n) is 6.48. The monoisotopic (exact) mass is 261 g/mol. The van der Waals surface area contributed by atoms with Crippen molar-refractivity contribution in [1.82, 2.24) is 4.90 Å². The molecule has 1 saturated heterocycles. The van der Waals surface area contributed by atoms with E-state index in [1.165, 1.54) is 0 Å². The molecule has 0 bridgehead atoms. The number of nitrogens with two attached hydrogens (primary N) is 1. The minimum Gasteiger partial charge on any atom is -0.409 e. The third-order valence-corrected chi connectivity index (χ3v) is 3.52. The van der Waals surface area contributed by atoms with Crippen molar-refractivity contribution in [1.29, 1.82) is 0 Å². The molecule has 5 heteroatoms. The molecule has 3 N–H and O–H groups in total. The van der Waals surface area contributed by atoms with Crippen molar-refractivity contribution < 1.29 is 10.0 Å². The van der Waals surface area contributed by atoms with E-state index in [1.54, 1.807) is 4.90 Å². The smallest absolute Gasteiger partial charge is 0.254 e. The number of rotatable bonds is 2. The van der Waals surface area contributed by atoms with Gasteiger partial charge in [-0.2, -0.15) is 0 Å². The highest BCUT2D eigenvalue weighted by atomic mass is 16.4. The second-order valence-corrected chi connectivity index (χ2v) is 4.90. The fourth-order valence-electron chi connectivity index (χ4n) is 2.41. The highest BCUT2D eigenvalue weighted by Crippen LogP contribution is 2.20. The number of likely N-dealkylation sites (tertiary alicyclic amines) is 1. The van der Waals surface area contributed by atoms with Crippen LogP contribution in [-0.2, 0) is 0 Å². The Bertz CT molecular complexity index is 482. The molecule has 2 rings (SSSR count). The highest BCUT2D eigenvalue weighted by Gasteiger charge is 2.30. The minimum atomic E-state index is -0.299. The Balaban J connectivity index is 2.22. The summed E-state index contributed by atoms with van der Waals surface area (Å²) in [4.78, 5) is 14.2. The van der Waals surface area contributed by atoms with Crippen molar-refractivity contribution in [2.75, 3.05) is 6.54 Å². The van der Waals surface area contributed by atoms with Crippen molar-refractivity contribution in [2.24, 2.45) is 10.9 Å². The van der Waals surface area contributed by atoms with Crippen LogP contribution in [0.2, 0.25) is 0 Å². The molecule has 0 aliphatic carbocycles. The number of hydrogen-bond donors (Lipinski definition) is 2. The summed E-state index contributed by atoms with van der Waals surface area (Å²) in [6, 6.07) is 7.16. The number of aryl methyl sites for hydroxylation is 1. The highest BCUT2D eigenvalue weighted by molar-refractivity contribution is 5.98. The van der Waals surface area contributed by atoms with Gasteiger partial charge in [0.15, 0.2) is 5.84 Å². The van der Waals surface area contributed by atoms with Gasteiger partial charge in [0.1, 0.15) is 0 Å². The zero-order chi connectivity index (χ0) is 13.8. The maximum Gasteiger partial charge on any atom is 0.254 e. The Morgan fingerprint density at radius 3 is 2.68 bits per heavy atom. The fraction of sp³-hybridized carbons (Fsp3) is 0.429. The molecule has 0 radical (unpaired) electrons. The van der Waals surface area contributed by atoms with Gasteiger partial charge in [-0.1, -0.05) is 22.9 Å². The van der Waals surface area contributed by atoms with Gasteiger partial charge in [-0.25, -0.2) is 0 Å². The molecule has 0 spiro atoms. The summed E-state index contributed by atoms with van der Waals surface area (Å²) >= 11 is 0. The summed E-state index contributed by atoms with van der Waals surface area (Å²) < 4.78 is 0. The SMILES string of the molecule is Cc1ccc(C(=O)N2CCCCC2C(N)=NO)cc1. The van der Waals surface area contributed by atoms with Crippen LogP contribution in [0.1, 0.15) is 35.2 Å². The van der Waals surface area contributed by atoms with E-state index in [1.807, 2.05) is 31.2 Å². The Kier molecular flexibility index (Phi) is 4.04. The molecule has 1 heterocycles. The van der Waals surface area contributed by atoms with Gasteiger partial charge in [0.05, 0.1) is 6.04 Å². The molecule has 1 amide bonds. The summed E-state index contributed by atoms with van der Waals surface area (Å²) in [7, 11) is 0. The topological polar surface area (TPSA) is 78.9 Å². The number of benzene rings is 1. The molecule has 1 aliphatic heterocycles. The van der Waals surface area contributed by atoms with E-state index >= 15 is 0 Å². The van der Waals surface area contributed by atoms with Crippen LogP contribution in [0.5, 0.6) is 0 Å². The molecule has 5 nitrogen and oxygen atoms in total. The van der Waals surface area contributed by atoms with Crippen molar-refractivity contribution in [3.05, 3.63) is 35.4 Å². The van der Waals surface area contributed by atoms with Crippen LogP contribution in [0.4, 0.5) is 0 Å². The Morgan fingerprint density at radius 1 is 1.37 bits per heavy atom. The van der Waals surface area contributed by atoms with Crippen LogP contribution in [-0.4, -0.2) is 34.4 Å². The van der Waals surface area contributed by atoms with Crippen LogP contribution < -0.4 is 5.73 Å². The molecule has 0 aromatic heterocycles. The lowest BCUT2D eigenvalue weighted by Crippen LogP contribution is -2.50. The molecule has 1 fully saturated rings. The van der Waals surface area contributed by atoms with E-state index in [0.717, 1.165) is 24.8 Å². The van der Waals surface area contributed by atoms with Gasteiger partial charge in [0.25, 0.3) is 5.91 Å². The first kappa shape index (κ1) is 13.4. The number of piperidine rings is 1. The van der Waals surface area contributed by atoms with E-state index in [-0.39, 0.29) is 17.8 Å². The molecule has 102 valence electrons. The molecule has 1 atom stereocenters. The summed E-state index contributed by atoms with van der Waals surface area (Å²) in [5.74, 6) is 0.0523. The predicted octanol–water partition coefficient (Wildman–Crippen LogP) is 1.74. The van der Waals surface area contributed by atoms with Gasteiger partial charge in [0, 0.05) is 12.1 Å². The van der Waals surface area contributed by atoms with Gasteiger partial charge in [-0.3, -0.25) is 4.79 Å². The number of carbonyl (C=O) groups is 1. The second-order valence-electron chi connectivity index (χ2n) is 4.90. The molecule has 19 heavy (non-hydrogen) atoms. The lowest BCUT2D eigenvalue weighted by molar-refractivity contribution is 0.0676. The third kappa shape index (κ3) is 2.86. The van der Waals surface area contributed by atoms with E-state index in [2.05, 4.69) is 5.16 Å². The zero-order valence-corrected chi connectivity index (χ0v) is 11.0. The van der Waals surface area contributed by atoms with Crippen molar-refractivity contribution >= 4 is 11.7 Å². The van der Waals surface area contributed by atoms with E-state index in [4.69, 9.17) is 10.9 Å². The van der Waals surface area contributed by atoms with E-state index < -0.39 is 0 Å². The summed E-state index contributed by atoms with van der Waals surface area (Å²) in [5.41, 5.74) is 7.44. The molecular formula is C14H19N3O2. The number of oxime groups is 1. The number of amidine groups is 1. The largest absolute Gasteiger partial charge is 0.409 e. The summed E-state index contributed by atoms with van der Waals surface area (Å²) in [6.07, 6.45) is 2.68. The van der Waals surface area contributed by atoms with Crippen molar-refractivity contribution in [3.63, 3.8) is 0 Å². The fourth-order valence-corrected chi connectivity index (χ4v) is 2.41.